The largest absolute Gasteiger partial charge is 0.337 e. The molecule has 3 aromatic rings. The van der Waals surface area contributed by atoms with Crippen molar-refractivity contribution in [1.82, 2.24) is 25.5 Å². The maximum absolute atomic E-state index is 12.3. The van der Waals surface area contributed by atoms with Crippen LogP contribution in [0.3, 0.4) is 0 Å². The minimum atomic E-state index is -0.0972. The number of hydrogen-bond acceptors (Lipinski definition) is 5. The summed E-state index contributed by atoms with van der Waals surface area (Å²) in [7, 11) is 0. The van der Waals surface area contributed by atoms with E-state index < -0.39 is 0 Å². The molecule has 0 aliphatic carbocycles. The normalized spacial score (nSPS) is 24.3. The van der Waals surface area contributed by atoms with Gasteiger partial charge in [-0.05, 0) is 55.3 Å². The molecule has 0 radical (unpaired) electrons. The van der Waals surface area contributed by atoms with Gasteiger partial charge in [-0.3, -0.25) is 4.90 Å². The van der Waals surface area contributed by atoms with Gasteiger partial charge in [-0.2, -0.15) is 0 Å². The van der Waals surface area contributed by atoms with Crippen LogP contribution in [-0.4, -0.2) is 46.6 Å². The van der Waals surface area contributed by atoms with E-state index in [-0.39, 0.29) is 6.03 Å². The third-order valence-electron chi connectivity index (χ3n) is 6.68. The molecule has 3 fully saturated rings. The second kappa shape index (κ2) is 9.38. The molecule has 2 amide bonds. The first kappa shape index (κ1) is 21.1. The lowest BCUT2D eigenvalue weighted by Gasteiger charge is -2.49. The Morgan fingerprint density at radius 2 is 2.03 bits per heavy atom. The Kier molecular flexibility index (Phi) is 6.19. The van der Waals surface area contributed by atoms with Gasteiger partial charge in [0.1, 0.15) is 5.82 Å². The molecule has 4 atom stereocenters. The number of aryl methyl sites for hydroxylation is 1. The molecular formula is C25H29N5OS. The van der Waals surface area contributed by atoms with Crippen LogP contribution in [0.15, 0.2) is 53.9 Å². The van der Waals surface area contributed by atoms with E-state index in [1.165, 1.54) is 17.0 Å². The molecule has 6 nitrogen and oxygen atoms in total. The number of piperidine rings is 3. The summed E-state index contributed by atoms with van der Waals surface area (Å²) in [5, 5.41) is 8.13. The average Bonchev–Trinajstić information content (AvgIpc) is 3.37. The standard InChI is InChI=1S/C25H29N5OS/c1-17-28-22(13-23(29-17)24-8-5-11-32-24)21-16-30-10-9-19(21)12-20(30)15-27-25(31)26-14-18-6-3-2-4-7-18/h2-8,11,13,19-21H,9-10,12,14-16H2,1H3,(H2,26,27,31)/t19-,20+,21+/m0/s1. The van der Waals surface area contributed by atoms with Crippen LogP contribution in [0.4, 0.5) is 4.79 Å². The van der Waals surface area contributed by atoms with Crippen molar-refractivity contribution in [1.29, 1.82) is 0 Å². The number of hydrogen-bond donors (Lipinski definition) is 2. The highest BCUT2D eigenvalue weighted by atomic mass is 32.1. The zero-order valence-corrected chi connectivity index (χ0v) is 19.1. The summed E-state index contributed by atoms with van der Waals surface area (Å²) in [4.78, 5) is 25.5. The number of carbonyl (C=O) groups is 1. The Balaban J connectivity index is 1.18. The van der Waals surface area contributed by atoms with Crippen LogP contribution in [0.2, 0.25) is 0 Å². The van der Waals surface area contributed by atoms with Crippen molar-refractivity contribution < 1.29 is 4.79 Å². The molecule has 2 aromatic heterocycles. The van der Waals surface area contributed by atoms with Crippen molar-refractivity contribution in [2.45, 2.75) is 38.3 Å². The molecule has 3 aliphatic heterocycles. The number of nitrogens with zero attached hydrogens (tertiary/aromatic N) is 3. The summed E-state index contributed by atoms with van der Waals surface area (Å²) in [6.07, 6.45) is 2.29. The Hall–Kier alpha value is -2.77. The molecule has 1 aromatic carbocycles. The van der Waals surface area contributed by atoms with Crippen molar-refractivity contribution >= 4 is 17.4 Å². The van der Waals surface area contributed by atoms with E-state index in [1.807, 2.05) is 37.3 Å². The first-order valence-electron chi connectivity index (χ1n) is 11.3. The van der Waals surface area contributed by atoms with Crippen LogP contribution >= 0.6 is 11.3 Å². The molecule has 7 heteroatoms. The van der Waals surface area contributed by atoms with E-state index in [4.69, 9.17) is 4.98 Å². The molecule has 0 spiro atoms. The second-order valence-corrected chi connectivity index (χ2v) is 9.74. The lowest BCUT2D eigenvalue weighted by atomic mass is 9.74. The van der Waals surface area contributed by atoms with Crippen molar-refractivity contribution in [2.75, 3.05) is 19.6 Å². The molecule has 166 valence electrons. The molecule has 3 aliphatic rings. The Bertz CT molecular complexity index is 1060. The van der Waals surface area contributed by atoms with Gasteiger partial charge in [0.2, 0.25) is 0 Å². The fourth-order valence-electron chi connectivity index (χ4n) is 5.07. The van der Waals surface area contributed by atoms with Crippen LogP contribution in [0.5, 0.6) is 0 Å². The average molecular weight is 448 g/mol. The smallest absolute Gasteiger partial charge is 0.315 e. The quantitative estimate of drug-likeness (QED) is 0.594. The lowest BCUT2D eigenvalue weighted by Crippen LogP contribution is -2.56. The number of benzene rings is 1. The van der Waals surface area contributed by atoms with E-state index in [2.05, 4.69) is 44.1 Å². The van der Waals surface area contributed by atoms with Crippen molar-refractivity contribution in [3.8, 4) is 10.6 Å². The van der Waals surface area contributed by atoms with Gasteiger partial charge in [-0.15, -0.1) is 11.3 Å². The third kappa shape index (κ3) is 4.69. The molecule has 5 heterocycles. The fourth-order valence-corrected chi connectivity index (χ4v) is 5.75. The highest BCUT2D eigenvalue weighted by Crippen LogP contribution is 2.41. The molecule has 1 unspecified atom stereocenters. The fraction of sp³-hybridized carbons (Fsp3) is 0.400. The zero-order valence-electron chi connectivity index (χ0n) is 18.3. The maximum Gasteiger partial charge on any atom is 0.315 e. The maximum atomic E-state index is 12.3. The summed E-state index contributed by atoms with van der Waals surface area (Å²) >= 11 is 1.72. The zero-order chi connectivity index (χ0) is 21.9. The van der Waals surface area contributed by atoms with Gasteiger partial charge in [0.05, 0.1) is 10.6 Å². The van der Waals surface area contributed by atoms with E-state index in [1.54, 1.807) is 11.3 Å². The highest BCUT2D eigenvalue weighted by molar-refractivity contribution is 7.13. The predicted molar refractivity (Wildman–Crippen MR) is 128 cm³/mol. The SMILES string of the molecule is Cc1nc(-c2cccs2)cc([C@@H]2CN3CC[C@H]2C[C@@H]3CNC(=O)NCc2ccccc2)n1. The number of carbonyl (C=O) groups excluding carboxylic acids is 1. The minimum Gasteiger partial charge on any atom is -0.337 e. The molecule has 0 saturated carbocycles. The van der Waals surface area contributed by atoms with E-state index in [0.717, 1.165) is 36.6 Å². The Morgan fingerprint density at radius 1 is 1.16 bits per heavy atom. The molecule has 3 saturated heterocycles. The van der Waals surface area contributed by atoms with Crippen molar-refractivity contribution in [3.05, 3.63) is 71.0 Å². The Labute approximate surface area is 193 Å². The van der Waals surface area contributed by atoms with Gasteiger partial charge in [-0.25, -0.2) is 14.8 Å². The topological polar surface area (TPSA) is 70.2 Å². The van der Waals surface area contributed by atoms with Crippen LogP contribution in [0, 0.1) is 12.8 Å². The van der Waals surface area contributed by atoms with E-state index in [0.29, 0.717) is 31.0 Å². The van der Waals surface area contributed by atoms with E-state index in [9.17, 15) is 4.79 Å². The Morgan fingerprint density at radius 3 is 2.78 bits per heavy atom. The third-order valence-corrected chi connectivity index (χ3v) is 7.58. The van der Waals surface area contributed by atoms with Crippen molar-refractivity contribution in [3.63, 3.8) is 0 Å². The summed E-state index contributed by atoms with van der Waals surface area (Å²) in [6.45, 7) is 5.32. The minimum absolute atomic E-state index is 0.0972. The number of urea groups is 1. The molecular weight excluding hydrogens is 418 g/mol. The van der Waals surface area contributed by atoms with Gasteiger partial charge in [0, 0.05) is 37.3 Å². The van der Waals surface area contributed by atoms with Gasteiger partial charge < -0.3 is 10.6 Å². The van der Waals surface area contributed by atoms with Gasteiger partial charge >= 0.3 is 6.03 Å². The molecule has 32 heavy (non-hydrogen) atoms. The number of amides is 2. The van der Waals surface area contributed by atoms with Crippen LogP contribution < -0.4 is 10.6 Å². The highest BCUT2D eigenvalue weighted by Gasteiger charge is 2.41. The lowest BCUT2D eigenvalue weighted by molar-refractivity contribution is 0.0305. The number of fused-ring (bicyclic) bond motifs is 3. The molecule has 2 bridgehead atoms. The number of aromatic nitrogens is 2. The van der Waals surface area contributed by atoms with Crippen LogP contribution in [0.25, 0.3) is 10.6 Å². The second-order valence-electron chi connectivity index (χ2n) is 8.79. The van der Waals surface area contributed by atoms with Gasteiger partial charge in [-0.1, -0.05) is 36.4 Å². The van der Waals surface area contributed by atoms with Gasteiger partial charge in [0.25, 0.3) is 0 Å². The molecule has 6 rings (SSSR count). The van der Waals surface area contributed by atoms with Crippen LogP contribution in [-0.2, 0) is 6.54 Å². The number of nitrogens with one attached hydrogen (secondary N) is 2. The predicted octanol–water partition coefficient (Wildman–Crippen LogP) is 4.19. The number of thiophene rings is 1. The molecule has 2 N–H and O–H groups in total. The summed E-state index contributed by atoms with van der Waals surface area (Å²) in [5.74, 6) is 1.88. The summed E-state index contributed by atoms with van der Waals surface area (Å²) < 4.78 is 0. The van der Waals surface area contributed by atoms with Gasteiger partial charge in [0.15, 0.2) is 0 Å². The number of rotatable bonds is 6. The monoisotopic (exact) mass is 447 g/mol. The first-order chi connectivity index (χ1) is 15.7. The first-order valence-corrected chi connectivity index (χ1v) is 12.2. The summed E-state index contributed by atoms with van der Waals surface area (Å²) in [6, 6.07) is 16.7. The van der Waals surface area contributed by atoms with E-state index >= 15 is 0 Å². The summed E-state index contributed by atoms with van der Waals surface area (Å²) in [5.41, 5.74) is 3.31. The van der Waals surface area contributed by atoms with Crippen molar-refractivity contribution in [2.24, 2.45) is 5.92 Å². The van der Waals surface area contributed by atoms with Crippen LogP contribution in [0.1, 0.15) is 35.8 Å².